The molecule has 0 bridgehead atoms. The Kier molecular flexibility index (Phi) is 5.99. The van der Waals surface area contributed by atoms with Crippen LogP contribution in [0.15, 0.2) is 18.3 Å². The van der Waals surface area contributed by atoms with Crippen LogP contribution >= 0.6 is 0 Å². The smallest absolute Gasteiger partial charge is 0.410 e. The molecule has 5 heteroatoms. The maximum atomic E-state index is 12.3. The van der Waals surface area contributed by atoms with Crippen molar-refractivity contribution in [3.63, 3.8) is 0 Å². The second-order valence-electron chi connectivity index (χ2n) is 7.33. The molecule has 23 heavy (non-hydrogen) atoms. The van der Waals surface area contributed by atoms with Crippen LogP contribution in [0.5, 0.6) is 0 Å². The summed E-state index contributed by atoms with van der Waals surface area (Å²) in [5.74, 6) is 0. The molecule has 1 unspecified atom stereocenters. The summed E-state index contributed by atoms with van der Waals surface area (Å²) in [5.41, 5.74) is 1.75. The van der Waals surface area contributed by atoms with E-state index in [1.807, 2.05) is 44.9 Å². The van der Waals surface area contributed by atoms with E-state index in [1.54, 1.807) is 0 Å². The van der Waals surface area contributed by atoms with Gasteiger partial charge < -0.3 is 15.0 Å². The van der Waals surface area contributed by atoms with E-state index in [1.165, 1.54) is 5.56 Å². The van der Waals surface area contributed by atoms with Crippen LogP contribution in [0.4, 0.5) is 4.79 Å². The van der Waals surface area contributed by atoms with Crippen molar-refractivity contribution in [3.8, 4) is 0 Å². The number of carbonyl (C=O) groups is 1. The normalized spacial score (nSPS) is 19.3. The van der Waals surface area contributed by atoms with Gasteiger partial charge in [-0.1, -0.05) is 12.5 Å². The predicted molar refractivity (Wildman–Crippen MR) is 91.3 cm³/mol. The minimum atomic E-state index is -0.446. The lowest BCUT2D eigenvalue weighted by atomic mass is 10.1. The van der Waals surface area contributed by atoms with E-state index in [-0.39, 0.29) is 12.1 Å². The first-order valence-electron chi connectivity index (χ1n) is 8.46. The minimum Gasteiger partial charge on any atom is -0.444 e. The molecule has 0 aromatic carbocycles. The topological polar surface area (TPSA) is 54.5 Å². The second-order valence-corrected chi connectivity index (χ2v) is 7.33. The largest absolute Gasteiger partial charge is 0.444 e. The van der Waals surface area contributed by atoms with Crippen molar-refractivity contribution in [3.05, 3.63) is 29.6 Å². The number of pyridine rings is 1. The van der Waals surface area contributed by atoms with Gasteiger partial charge >= 0.3 is 6.09 Å². The average Bonchev–Trinajstić information content (AvgIpc) is 2.70. The Bertz CT molecular complexity index is 508. The minimum absolute atomic E-state index is 0.209. The van der Waals surface area contributed by atoms with Crippen molar-refractivity contribution >= 4 is 6.09 Å². The van der Waals surface area contributed by atoms with E-state index >= 15 is 0 Å². The highest BCUT2D eigenvalue weighted by atomic mass is 16.6. The summed E-state index contributed by atoms with van der Waals surface area (Å²) in [7, 11) is 0. The molecule has 5 nitrogen and oxygen atoms in total. The van der Waals surface area contributed by atoms with Crippen LogP contribution in [0.3, 0.4) is 0 Å². The van der Waals surface area contributed by atoms with E-state index in [4.69, 9.17) is 4.74 Å². The number of nitrogens with zero attached hydrogens (tertiary/aromatic N) is 2. The Morgan fingerprint density at radius 1 is 1.39 bits per heavy atom. The Labute approximate surface area is 139 Å². The molecule has 1 aliphatic rings. The maximum Gasteiger partial charge on any atom is 0.410 e. The van der Waals surface area contributed by atoms with Crippen molar-refractivity contribution in [1.82, 2.24) is 15.2 Å². The van der Waals surface area contributed by atoms with Gasteiger partial charge in [0.25, 0.3) is 0 Å². The van der Waals surface area contributed by atoms with E-state index in [0.29, 0.717) is 6.54 Å². The molecule has 0 radical (unpaired) electrons. The van der Waals surface area contributed by atoms with Crippen molar-refractivity contribution < 1.29 is 9.53 Å². The molecule has 2 heterocycles. The molecule has 1 atom stereocenters. The Morgan fingerprint density at radius 2 is 2.17 bits per heavy atom. The standard InChI is InChI=1S/C18H29N3O2/c1-14-8-9-15(19-11-14)12-20-16-7-5-6-10-21(13-16)17(22)23-18(2,3)4/h8-9,11,16,20H,5-7,10,12-13H2,1-4H3. The first-order valence-corrected chi connectivity index (χ1v) is 8.46. The molecule has 1 aromatic heterocycles. The zero-order valence-corrected chi connectivity index (χ0v) is 14.8. The van der Waals surface area contributed by atoms with Crippen LogP contribution in [0, 0.1) is 6.92 Å². The number of hydrogen-bond donors (Lipinski definition) is 1. The SMILES string of the molecule is Cc1ccc(CNC2CCCCN(C(=O)OC(C)(C)C)C2)nc1. The number of rotatable bonds is 3. The van der Waals surface area contributed by atoms with Gasteiger partial charge in [-0.15, -0.1) is 0 Å². The number of nitrogens with one attached hydrogen (secondary N) is 1. The molecule has 1 fully saturated rings. The molecule has 1 aromatic rings. The van der Waals surface area contributed by atoms with Crippen molar-refractivity contribution in [2.24, 2.45) is 0 Å². The first kappa shape index (κ1) is 17.7. The van der Waals surface area contributed by atoms with Crippen LogP contribution in [-0.4, -0.2) is 40.7 Å². The molecule has 1 amide bonds. The van der Waals surface area contributed by atoms with Crippen LogP contribution in [0.2, 0.25) is 0 Å². The van der Waals surface area contributed by atoms with Crippen molar-refractivity contribution in [1.29, 1.82) is 0 Å². The fraction of sp³-hybridized carbons (Fsp3) is 0.667. The lowest BCUT2D eigenvalue weighted by molar-refractivity contribution is 0.0243. The predicted octanol–water partition coefficient (Wildman–Crippen LogP) is 3.27. The molecule has 1 N–H and O–H groups in total. The maximum absolute atomic E-state index is 12.3. The zero-order chi connectivity index (χ0) is 16.9. The van der Waals surface area contributed by atoms with E-state index in [2.05, 4.69) is 16.4 Å². The number of amides is 1. The molecule has 2 rings (SSSR count). The molecule has 0 saturated carbocycles. The molecular formula is C18H29N3O2. The number of ether oxygens (including phenoxy) is 1. The van der Waals surface area contributed by atoms with E-state index in [9.17, 15) is 4.79 Å². The lowest BCUT2D eigenvalue weighted by Crippen LogP contribution is -2.44. The second kappa shape index (κ2) is 7.77. The average molecular weight is 319 g/mol. The monoisotopic (exact) mass is 319 g/mol. The Balaban J connectivity index is 1.88. The third-order valence-corrected chi connectivity index (χ3v) is 3.87. The molecule has 128 valence electrons. The summed E-state index contributed by atoms with van der Waals surface area (Å²) in [6, 6.07) is 4.41. The fourth-order valence-electron chi connectivity index (χ4n) is 2.65. The summed E-state index contributed by atoms with van der Waals surface area (Å²) >= 11 is 0. The van der Waals surface area contributed by atoms with Crippen molar-refractivity contribution in [2.45, 2.75) is 65.1 Å². The highest BCUT2D eigenvalue weighted by Crippen LogP contribution is 2.15. The van der Waals surface area contributed by atoms with Gasteiger partial charge in [0.2, 0.25) is 0 Å². The van der Waals surface area contributed by atoms with Crippen molar-refractivity contribution in [2.75, 3.05) is 13.1 Å². The zero-order valence-electron chi connectivity index (χ0n) is 14.8. The summed E-state index contributed by atoms with van der Waals surface area (Å²) < 4.78 is 5.50. The Morgan fingerprint density at radius 3 is 2.83 bits per heavy atom. The number of hydrogen-bond acceptors (Lipinski definition) is 4. The highest BCUT2D eigenvalue weighted by Gasteiger charge is 2.26. The fourth-order valence-corrected chi connectivity index (χ4v) is 2.65. The molecule has 0 spiro atoms. The van der Waals surface area contributed by atoms with Gasteiger partial charge in [0.1, 0.15) is 5.60 Å². The lowest BCUT2D eigenvalue weighted by Gasteiger charge is -2.28. The van der Waals surface area contributed by atoms with Gasteiger partial charge in [-0.3, -0.25) is 4.98 Å². The summed E-state index contributed by atoms with van der Waals surface area (Å²) in [4.78, 5) is 18.5. The van der Waals surface area contributed by atoms with Gasteiger partial charge in [-0.2, -0.15) is 0 Å². The van der Waals surface area contributed by atoms with Gasteiger partial charge in [0, 0.05) is 31.9 Å². The van der Waals surface area contributed by atoms with Gasteiger partial charge in [-0.25, -0.2) is 4.79 Å². The molecule has 0 aliphatic carbocycles. The van der Waals surface area contributed by atoms with Gasteiger partial charge in [-0.05, 0) is 52.2 Å². The Hall–Kier alpha value is -1.62. The third kappa shape index (κ3) is 6.18. The van der Waals surface area contributed by atoms with Gasteiger partial charge in [0.15, 0.2) is 0 Å². The first-order chi connectivity index (χ1) is 10.8. The number of aryl methyl sites for hydroxylation is 1. The van der Waals surface area contributed by atoms with E-state index < -0.39 is 5.60 Å². The highest BCUT2D eigenvalue weighted by molar-refractivity contribution is 5.68. The molecule has 1 aliphatic heterocycles. The van der Waals surface area contributed by atoms with Crippen LogP contribution in [0.25, 0.3) is 0 Å². The number of aromatic nitrogens is 1. The third-order valence-electron chi connectivity index (χ3n) is 3.87. The van der Waals surface area contributed by atoms with Crippen LogP contribution < -0.4 is 5.32 Å². The quantitative estimate of drug-likeness (QED) is 0.929. The van der Waals surface area contributed by atoms with E-state index in [0.717, 1.165) is 38.0 Å². The van der Waals surface area contributed by atoms with Crippen LogP contribution in [0.1, 0.15) is 51.3 Å². The summed E-state index contributed by atoms with van der Waals surface area (Å²) in [5, 5.41) is 3.53. The van der Waals surface area contributed by atoms with Crippen LogP contribution in [-0.2, 0) is 11.3 Å². The molecule has 1 saturated heterocycles. The van der Waals surface area contributed by atoms with Gasteiger partial charge in [0.05, 0.1) is 5.69 Å². The summed E-state index contributed by atoms with van der Waals surface area (Å²) in [6.45, 7) is 9.95. The summed E-state index contributed by atoms with van der Waals surface area (Å²) in [6.07, 6.45) is 4.90. The number of carbonyl (C=O) groups excluding carboxylic acids is 1. The molecular weight excluding hydrogens is 290 g/mol. The number of likely N-dealkylation sites (tertiary alicyclic amines) is 1.